The highest BCUT2D eigenvalue weighted by atomic mass is 16.5. The Morgan fingerprint density at radius 3 is 2.58 bits per heavy atom. The lowest BCUT2D eigenvalue weighted by molar-refractivity contribution is 0.0314. The van der Waals surface area contributed by atoms with Crippen molar-refractivity contribution in [2.24, 2.45) is 0 Å². The maximum atomic E-state index is 13.0. The molecule has 1 aliphatic heterocycles. The number of hydrogen-bond donors (Lipinski definition) is 1. The average Bonchev–Trinajstić information content (AvgIpc) is 2.82. The van der Waals surface area contributed by atoms with Gasteiger partial charge in [0.15, 0.2) is 0 Å². The van der Waals surface area contributed by atoms with Gasteiger partial charge in [0.25, 0.3) is 0 Å². The van der Waals surface area contributed by atoms with Crippen molar-refractivity contribution in [3.05, 3.63) is 65.2 Å². The Morgan fingerprint density at radius 1 is 1.03 bits per heavy atom. The molecule has 0 amide bonds. The SMILES string of the molecule is COc1cc2c(c(OC)c1)C(=O)OC(C)CCCC(NCCc1ccccc1)CCCC=C2. The van der Waals surface area contributed by atoms with Crippen LogP contribution in [0.4, 0.5) is 0 Å². The number of esters is 1. The lowest BCUT2D eigenvalue weighted by atomic mass is 10.00. The lowest BCUT2D eigenvalue weighted by Crippen LogP contribution is -2.31. The molecule has 1 N–H and O–H groups in total. The van der Waals surface area contributed by atoms with Crippen LogP contribution in [0.15, 0.2) is 48.5 Å². The standard InChI is InChI=1S/C28H37NO4/c1-21-11-10-16-24(29-18-17-22-12-6-4-7-13-22)15-9-5-8-14-23-19-25(31-2)20-26(32-3)27(23)28(30)33-21/h4,6-8,12-14,19-21,24,29H,5,9-11,15-18H2,1-3H3. The summed E-state index contributed by atoms with van der Waals surface area (Å²) in [4.78, 5) is 13.0. The molecule has 0 bridgehead atoms. The van der Waals surface area contributed by atoms with Crippen molar-refractivity contribution in [2.75, 3.05) is 20.8 Å². The molecule has 0 saturated heterocycles. The van der Waals surface area contributed by atoms with Crippen LogP contribution in [0.1, 0.15) is 66.9 Å². The van der Waals surface area contributed by atoms with Gasteiger partial charge in [-0.1, -0.05) is 42.5 Å². The average molecular weight is 452 g/mol. The van der Waals surface area contributed by atoms with E-state index in [1.807, 2.05) is 19.1 Å². The fourth-order valence-electron chi connectivity index (χ4n) is 4.30. The summed E-state index contributed by atoms with van der Waals surface area (Å²) >= 11 is 0. The minimum absolute atomic E-state index is 0.158. The van der Waals surface area contributed by atoms with Crippen molar-refractivity contribution in [1.29, 1.82) is 0 Å². The van der Waals surface area contributed by atoms with Crippen LogP contribution in [0.3, 0.4) is 0 Å². The summed E-state index contributed by atoms with van der Waals surface area (Å²) in [6.45, 7) is 2.94. The zero-order chi connectivity index (χ0) is 23.5. The van der Waals surface area contributed by atoms with Crippen LogP contribution in [-0.4, -0.2) is 38.9 Å². The smallest absolute Gasteiger partial charge is 0.342 e. The highest BCUT2D eigenvalue weighted by molar-refractivity contribution is 5.97. The molecule has 2 unspecified atom stereocenters. The van der Waals surface area contributed by atoms with E-state index in [9.17, 15) is 4.79 Å². The fraction of sp³-hybridized carbons (Fsp3) is 0.464. The van der Waals surface area contributed by atoms with Crippen molar-refractivity contribution in [2.45, 2.75) is 64.0 Å². The van der Waals surface area contributed by atoms with Crippen molar-refractivity contribution in [1.82, 2.24) is 5.32 Å². The number of cyclic esters (lactones) is 1. The van der Waals surface area contributed by atoms with E-state index < -0.39 is 0 Å². The van der Waals surface area contributed by atoms with E-state index in [4.69, 9.17) is 14.2 Å². The third-order valence-corrected chi connectivity index (χ3v) is 6.15. The molecule has 0 radical (unpaired) electrons. The highest BCUT2D eigenvalue weighted by Gasteiger charge is 2.22. The van der Waals surface area contributed by atoms with E-state index in [0.717, 1.165) is 57.1 Å². The zero-order valence-electron chi connectivity index (χ0n) is 20.1. The van der Waals surface area contributed by atoms with E-state index in [1.165, 1.54) is 5.56 Å². The molecule has 2 atom stereocenters. The summed E-state index contributed by atoms with van der Waals surface area (Å²) in [5.41, 5.74) is 2.58. The van der Waals surface area contributed by atoms with E-state index in [2.05, 4.69) is 41.7 Å². The summed E-state index contributed by atoms with van der Waals surface area (Å²) < 4.78 is 16.7. The van der Waals surface area contributed by atoms with Crippen LogP contribution in [0.2, 0.25) is 0 Å². The first-order chi connectivity index (χ1) is 16.1. The number of carbonyl (C=O) groups excluding carboxylic acids is 1. The fourth-order valence-corrected chi connectivity index (χ4v) is 4.30. The predicted octanol–water partition coefficient (Wildman–Crippen LogP) is 5.82. The van der Waals surface area contributed by atoms with Crippen LogP contribution in [0, 0.1) is 0 Å². The molecule has 178 valence electrons. The first kappa shape index (κ1) is 24.8. The Kier molecular flexibility index (Phi) is 9.82. The number of rotatable bonds is 6. The normalized spacial score (nSPS) is 19.8. The Labute approximate surface area is 198 Å². The van der Waals surface area contributed by atoms with Gasteiger partial charge in [0.2, 0.25) is 0 Å². The molecule has 0 spiro atoms. The Morgan fingerprint density at radius 2 is 1.82 bits per heavy atom. The minimum Gasteiger partial charge on any atom is -0.497 e. The van der Waals surface area contributed by atoms with Gasteiger partial charge in [0.1, 0.15) is 17.1 Å². The van der Waals surface area contributed by atoms with Crippen molar-refractivity contribution < 1.29 is 19.0 Å². The van der Waals surface area contributed by atoms with Crippen molar-refractivity contribution >= 4 is 12.0 Å². The van der Waals surface area contributed by atoms with Crippen LogP contribution in [0.5, 0.6) is 11.5 Å². The van der Waals surface area contributed by atoms with Gasteiger partial charge in [-0.15, -0.1) is 0 Å². The maximum absolute atomic E-state index is 13.0. The van der Waals surface area contributed by atoms with Crippen LogP contribution >= 0.6 is 0 Å². The van der Waals surface area contributed by atoms with Gasteiger partial charge in [0, 0.05) is 12.1 Å². The predicted molar refractivity (Wildman–Crippen MR) is 133 cm³/mol. The van der Waals surface area contributed by atoms with Crippen LogP contribution in [-0.2, 0) is 11.2 Å². The summed E-state index contributed by atoms with van der Waals surface area (Å²) in [7, 11) is 3.17. The number of benzene rings is 2. The monoisotopic (exact) mass is 451 g/mol. The highest BCUT2D eigenvalue weighted by Crippen LogP contribution is 2.31. The van der Waals surface area contributed by atoms with Gasteiger partial charge in [0.05, 0.1) is 20.3 Å². The molecule has 33 heavy (non-hydrogen) atoms. The van der Waals surface area contributed by atoms with Gasteiger partial charge >= 0.3 is 5.97 Å². The zero-order valence-corrected chi connectivity index (χ0v) is 20.1. The largest absolute Gasteiger partial charge is 0.497 e. The number of ether oxygens (including phenoxy) is 3. The quantitative estimate of drug-likeness (QED) is 0.561. The molecule has 3 rings (SSSR count). The molecule has 0 fully saturated rings. The number of nitrogens with one attached hydrogen (secondary N) is 1. The lowest BCUT2D eigenvalue weighted by Gasteiger charge is -2.21. The summed E-state index contributed by atoms with van der Waals surface area (Å²) in [5, 5.41) is 3.75. The molecule has 0 saturated carbocycles. The molecule has 5 heteroatoms. The second kappa shape index (κ2) is 13.0. The van der Waals surface area contributed by atoms with Crippen molar-refractivity contribution in [3.63, 3.8) is 0 Å². The van der Waals surface area contributed by atoms with E-state index in [-0.39, 0.29) is 12.1 Å². The number of methoxy groups -OCH3 is 2. The third-order valence-electron chi connectivity index (χ3n) is 6.15. The molecular weight excluding hydrogens is 414 g/mol. The second-order valence-corrected chi connectivity index (χ2v) is 8.66. The maximum Gasteiger partial charge on any atom is 0.342 e. The molecule has 1 aliphatic rings. The van der Waals surface area contributed by atoms with Crippen molar-refractivity contribution in [3.8, 4) is 11.5 Å². The molecular formula is C28H37NO4. The Hall–Kier alpha value is -2.79. The third kappa shape index (κ3) is 7.64. The number of carbonyl (C=O) groups is 1. The van der Waals surface area contributed by atoms with Gasteiger partial charge in [-0.25, -0.2) is 4.79 Å². The van der Waals surface area contributed by atoms with Gasteiger partial charge < -0.3 is 19.5 Å². The van der Waals surface area contributed by atoms with Gasteiger partial charge in [-0.3, -0.25) is 0 Å². The van der Waals surface area contributed by atoms with E-state index >= 15 is 0 Å². The first-order valence-corrected chi connectivity index (χ1v) is 12.0. The number of fused-ring (bicyclic) bond motifs is 1. The molecule has 2 aromatic rings. The summed E-state index contributed by atoms with van der Waals surface area (Å²) in [6, 6.07) is 14.7. The molecule has 0 aromatic heterocycles. The Balaban J connectivity index is 1.69. The summed E-state index contributed by atoms with van der Waals surface area (Å²) in [6.07, 6.45) is 11.1. The minimum atomic E-state index is -0.351. The van der Waals surface area contributed by atoms with Crippen LogP contribution < -0.4 is 14.8 Å². The molecule has 0 aliphatic carbocycles. The number of allylic oxidation sites excluding steroid dienone is 1. The number of hydrogen-bond acceptors (Lipinski definition) is 5. The van der Waals surface area contributed by atoms with Gasteiger partial charge in [-0.05, 0) is 75.6 Å². The first-order valence-electron chi connectivity index (χ1n) is 12.0. The topological polar surface area (TPSA) is 56.8 Å². The van der Waals surface area contributed by atoms with E-state index in [0.29, 0.717) is 23.1 Å². The Bertz CT molecular complexity index is 910. The van der Waals surface area contributed by atoms with E-state index in [1.54, 1.807) is 20.3 Å². The molecule has 1 heterocycles. The molecule has 2 aromatic carbocycles. The second-order valence-electron chi connectivity index (χ2n) is 8.66. The summed E-state index contributed by atoms with van der Waals surface area (Å²) in [5.74, 6) is 0.775. The molecule has 5 nitrogen and oxygen atoms in total. The van der Waals surface area contributed by atoms with Gasteiger partial charge in [-0.2, -0.15) is 0 Å². The van der Waals surface area contributed by atoms with Crippen LogP contribution in [0.25, 0.3) is 6.08 Å².